The van der Waals surface area contributed by atoms with Gasteiger partial charge in [0.15, 0.2) is 0 Å². The van der Waals surface area contributed by atoms with Gasteiger partial charge in [0.05, 0.1) is 16.9 Å². The van der Waals surface area contributed by atoms with Crippen molar-refractivity contribution in [3.63, 3.8) is 0 Å². The molecule has 0 N–H and O–H groups in total. The molecule has 0 aliphatic heterocycles. The number of halogens is 1. The molecule has 0 saturated heterocycles. The molecular weight excluding hydrogens is 492 g/mol. The quantitative estimate of drug-likeness (QED) is 0.258. The van der Waals surface area contributed by atoms with Crippen LogP contribution in [0.15, 0.2) is 79.1 Å². The molecule has 5 heteroatoms. The molecule has 0 atom stereocenters. The highest BCUT2D eigenvalue weighted by Crippen LogP contribution is 2.32. The molecule has 4 aromatic rings. The number of ether oxygens (including phenoxy) is 2. The Bertz CT molecular complexity index is 1320. The van der Waals surface area contributed by atoms with Crippen LogP contribution in [-0.4, -0.2) is 9.97 Å². The Labute approximate surface area is 233 Å². The molecule has 2 aromatic heterocycles. The number of aryl methyl sites for hydroxylation is 2. The van der Waals surface area contributed by atoms with E-state index in [1.165, 1.54) is 11.1 Å². The summed E-state index contributed by atoms with van der Waals surface area (Å²) in [6.07, 6.45) is 3.51. The lowest BCUT2D eigenvalue weighted by Crippen LogP contribution is -2.11. The third kappa shape index (κ3) is 8.59. The second-order valence-electron chi connectivity index (χ2n) is 11.5. The smallest absolute Gasteiger partial charge is 0.145 e. The summed E-state index contributed by atoms with van der Waals surface area (Å²) >= 11 is 6.26. The van der Waals surface area contributed by atoms with Gasteiger partial charge in [-0.2, -0.15) is 0 Å². The van der Waals surface area contributed by atoms with Gasteiger partial charge in [0, 0.05) is 11.9 Å². The van der Waals surface area contributed by atoms with E-state index in [-0.39, 0.29) is 10.8 Å². The highest BCUT2D eigenvalue weighted by Gasteiger charge is 2.16. The van der Waals surface area contributed by atoms with Gasteiger partial charge >= 0.3 is 0 Å². The fraction of sp³-hybridized carbons (Fsp3) is 0.333. The predicted octanol–water partition coefficient (Wildman–Crippen LogP) is 9.40. The first kappa shape index (κ1) is 29.2. The van der Waals surface area contributed by atoms with Crippen LogP contribution in [-0.2, 0) is 17.4 Å². The van der Waals surface area contributed by atoms with E-state index in [1.807, 2.05) is 55.5 Å². The summed E-state index contributed by atoms with van der Waals surface area (Å²) in [5.41, 5.74) is 5.79. The van der Waals surface area contributed by atoms with Crippen molar-refractivity contribution in [1.29, 1.82) is 0 Å². The molecule has 0 unspecified atom stereocenters. The lowest BCUT2D eigenvalue weighted by molar-refractivity contribution is 0.301. The van der Waals surface area contributed by atoms with Crippen molar-refractivity contribution in [3.8, 4) is 17.2 Å². The van der Waals surface area contributed by atoms with Crippen molar-refractivity contribution in [1.82, 2.24) is 9.97 Å². The molecule has 0 aliphatic rings. The zero-order valence-corrected chi connectivity index (χ0v) is 24.6. The lowest BCUT2D eigenvalue weighted by Gasteiger charge is -2.20. The molecule has 0 amide bonds. The topological polar surface area (TPSA) is 44.2 Å². The largest absolute Gasteiger partial charge is 0.486 e. The van der Waals surface area contributed by atoms with E-state index in [1.54, 1.807) is 12.4 Å². The molecule has 0 spiro atoms. The fourth-order valence-electron chi connectivity index (χ4n) is 3.59. The Balaban J connectivity index is 0.000000211. The summed E-state index contributed by atoms with van der Waals surface area (Å²) in [5.74, 6) is 2.36. The second-order valence-corrected chi connectivity index (χ2v) is 11.9. The van der Waals surface area contributed by atoms with Gasteiger partial charge in [-0.25, -0.2) is 0 Å². The maximum absolute atomic E-state index is 6.26. The number of hydrogen-bond donors (Lipinski definition) is 0. The molecule has 0 bridgehead atoms. The van der Waals surface area contributed by atoms with Gasteiger partial charge in [-0.3, -0.25) is 9.97 Å². The minimum absolute atomic E-state index is 0.0865. The maximum Gasteiger partial charge on any atom is 0.145 e. The third-order valence-electron chi connectivity index (χ3n) is 6.05. The SMILES string of the molecule is CC(C)(C)c1ccc(OCc2ccccn2)c(Cl)c1.Cc1ccc(Oc2ccc(C(C)(C)C)cc2C)cn1. The van der Waals surface area contributed by atoms with E-state index < -0.39 is 0 Å². The Morgan fingerprint density at radius 3 is 1.92 bits per heavy atom. The highest BCUT2D eigenvalue weighted by molar-refractivity contribution is 6.32. The zero-order chi connectivity index (χ0) is 27.9. The van der Waals surface area contributed by atoms with Gasteiger partial charge in [0.2, 0.25) is 0 Å². The molecule has 4 rings (SSSR count). The van der Waals surface area contributed by atoms with Crippen LogP contribution in [0.5, 0.6) is 17.2 Å². The van der Waals surface area contributed by atoms with Gasteiger partial charge in [0.1, 0.15) is 23.9 Å². The van der Waals surface area contributed by atoms with Crippen molar-refractivity contribution in [2.75, 3.05) is 0 Å². The normalized spacial score (nSPS) is 11.4. The molecule has 0 saturated carbocycles. The third-order valence-corrected chi connectivity index (χ3v) is 6.35. The monoisotopic (exact) mass is 530 g/mol. The van der Waals surface area contributed by atoms with Crippen molar-refractivity contribution < 1.29 is 9.47 Å². The average Bonchev–Trinajstić information content (AvgIpc) is 2.85. The van der Waals surface area contributed by atoms with Crippen molar-refractivity contribution in [3.05, 3.63) is 112 Å². The lowest BCUT2D eigenvalue weighted by atomic mass is 9.86. The van der Waals surface area contributed by atoms with Gasteiger partial charge in [-0.05, 0) is 83.8 Å². The van der Waals surface area contributed by atoms with Gasteiger partial charge in [-0.1, -0.05) is 77.4 Å². The van der Waals surface area contributed by atoms with Crippen LogP contribution in [0.1, 0.15) is 69.6 Å². The van der Waals surface area contributed by atoms with Gasteiger partial charge in [0.25, 0.3) is 0 Å². The van der Waals surface area contributed by atoms with Crippen LogP contribution < -0.4 is 9.47 Å². The molecule has 0 aliphatic carbocycles. The molecule has 0 fully saturated rings. The Hall–Kier alpha value is -3.37. The number of nitrogens with zero attached hydrogens (tertiary/aromatic N) is 2. The van der Waals surface area contributed by atoms with Crippen LogP contribution in [0.4, 0.5) is 0 Å². The predicted molar refractivity (Wildman–Crippen MR) is 158 cm³/mol. The van der Waals surface area contributed by atoms with Crippen molar-refractivity contribution in [2.24, 2.45) is 0 Å². The van der Waals surface area contributed by atoms with E-state index in [9.17, 15) is 0 Å². The van der Waals surface area contributed by atoms with Crippen LogP contribution in [0.3, 0.4) is 0 Å². The van der Waals surface area contributed by atoms with Crippen LogP contribution >= 0.6 is 11.6 Å². The first-order valence-corrected chi connectivity index (χ1v) is 13.2. The number of pyridine rings is 2. The molecule has 38 heavy (non-hydrogen) atoms. The van der Waals surface area contributed by atoms with E-state index in [0.717, 1.165) is 28.5 Å². The average molecular weight is 531 g/mol. The van der Waals surface area contributed by atoms with E-state index in [4.69, 9.17) is 21.1 Å². The maximum atomic E-state index is 6.26. The van der Waals surface area contributed by atoms with Crippen LogP contribution in [0, 0.1) is 13.8 Å². The number of aromatic nitrogens is 2. The zero-order valence-electron chi connectivity index (χ0n) is 23.8. The van der Waals surface area contributed by atoms with Crippen LogP contribution in [0.25, 0.3) is 0 Å². The minimum Gasteiger partial charge on any atom is -0.486 e. The first-order valence-electron chi connectivity index (χ1n) is 12.9. The van der Waals surface area contributed by atoms with Crippen LogP contribution in [0.2, 0.25) is 5.02 Å². The number of benzene rings is 2. The second kappa shape index (κ2) is 12.4. The molecule has 4 nitrogen and oxygen atoms in total. The highest BCUT2D eigenvalue weighted by atomic mass is 35.5. The van der Waals surface area contributed by atoms with Gasteiger partial charge < -0.3 is 9.47 Å². The molecule has 0 radical (unpaired) electrons. The summed E-state index contributed by atoms with van der Waals surface area (Å²) in [5, 5.41) is 0.642. The summed E-state index contributed by atoms with van der Waals surface area (Å²) < 4.78 is 11.6. The van der Waals surface area contributed by atoms with Crippen molar-refractivity contribution >= 4 is 11.6 Å². The Morgan fingerprint density at radius 1 is 0.737 bits per heavy atom. The first-order chi connectivity index (χ1) is 17.8. The minimum atomic E-state index is 0.0865. The Morgan fingerprint density at radius 2 is 1.39 bits per heavy atom. The summed E-state index contributed by atoms with van der Waals surface area (Å²) in [7, 11) is 0. The number of rotatable bonds is 5. The molecule has 200 valence electrons. The molecule has 2 heterocycles. The van der Waals surface area contributed by atoms with Crippen molar-refractivity contribution in [2.45, 2.75) is 72.8 Å². The van der Waals surface area contributed by atoms with E-state index in [2.05, 4.69) is 76.6 Å². The van der Waals surface area contributed by atoms with E-state index in [0.29, 0.717) is 17.4 Å². The fourth-order valence-corrected chi connectivity index (χ4v) is 3.83. The summed E-state index contributed by atoms with van der Waals surface area (Å²) in [6.45, 7) is 17.6. The van der Waals surface area contributed by atoms with Gasteiger partial charge in [-0.15, -0.1) is 0 Å². The standard InChI is InChI=1S/C17H21NO.C16H18ClNO/c1-12-10-14(17(3,4)5)7-9-16(12)19-15-8-6-13(2)18-11-15;1-16(2,3)12-7-8-15(14(17)10-12)19-11-13-6-4-5-9-18-13/h6-11H,1-5H3;4-10H,11H2,1-3H3. The molecular formula is C33H39ClN2O2. The molecule has 2 aromatic carbocycles. The number of hydrogen-bond acceptors (Lipinski definition) is 4. The van der Waals surface area contributed by atoms with E-state index >= 15 is 0 Å². The summed E-state index contributed by atoms with van der Waals surface area (Å²) in [4.78, 5) is 8.45. The summed E-state index contributed by atoms with van der Waals surface area (Å²) in [6, 6.07) is 22.0. The Kier molecular flexibility index (Phi) is 9.56.